The lowest BCUT2D eigenvalue weighted by Crippen LogP contribution is -2.28. The van der Waals surface area contributed by atoms with Gasteiger partial charge < -0.3 is 0 Å². The molecule has 0 amide bonds. The summed E-state index contributed by atoms with van der Waals surface area (Å²) in [6.07, 6.45) is 2.38. The van der Waals surface area contributed by atoms with Crippen LogP contribution in [0.15, 0.2) is 24.3 Å². The first kappa shape index (κ1) is 11.3. The molecule has 0 N–H and O–H groups in total. The summed E-state index contributed by atoms with van der Waals surface area (Å²) in [5.41, 5.74) is 2.66. The Morgan fingerprint density at radius 2 is 2.31 bits per heavy atom. The molecule has 2 nitrogen and oxygen atoms in total. The normalized spacial score (nSPS) is 21.2. The van der Waals surface area contributed by atoms with Gasteiger partial charge in [0.1, 0.15) is 5.78 Å². The summed E-state index contributed by atoms with van der Waals surface area (Å²) < 4.78 is 0. The van der Waals surface area contributed by atoms with Gasteiger partial charge in [-0.05, 0) is 38.8 Å². The maximum Gasteiger partial charge on any atom is 0.143 e. The first-order valence-corrected chi connectivity index (χ1v) is 5.97. The summed E-state index contributed by atoms with van der Waals surface area (Å²) in [7, 11) is 0. The van der Waals surface area contributed by atoms with Crippen molar-refractivity contribution in [2.75, 3.05) is 13.1 Å². The lowest BCUT2D eigenvalue weighted by molar-refractivity contribution is -0.118. The van der Waals surface area contributed by atoms with E-state index in [1.807, 2.05) is 0 Å². The molecule has 0 aliphatic carbocycles. The highest BCUT2D eigenvalue weighted by molar-refractivity contribution is 5.77. The van der Waals surface area contributed by atoms with E-state index in [1.165, 1.54) is 24.0 Å². The molecule has 1 aliphatic rings. The molecule has 0 aromatic heterocycles. The maximum absolute atomic E-state index is 11.2. The molecule has 1 fully saturated rings. The van der Waals surface area contributed by atoms with Gasteiger partial charge in [0.25, 0.3) is 0 Å². The van der Waals surface area contributed by atoms with Crippen LogP contribution in [-0.4, -0.2) is 23.8 Å². The van der Waals surface area contributed by atoms with Crippen LogP contribution in [0.25, 0.3) is 0 Å². The van der Waals surface area contributed by atoms with E-state index < -0.39 is 0 Å². The molecule has 86 valence electrons. The zero-order valence-electron chi connectivity index (χ0n) is 10.1. The van der Waals surface area contributed by atoms with Gasteiger partial charge in [-0.15, -0.1) is 0 Å². The number of nitrogens with zero attached hydrogens (tertiary/aromatic N) is 1. The van der Waals surface area contributed by atoms with Crippen molar-refractivity contribution < 1.29 is 4.79 Å². The van der Waals surface area contributed by atoms with Crippen LogP contribution in [0, 0.1) is 6.92 Å². The minimum Gasteiger partial charge on any atom is -0.299 e. The van der Waals surface area contributed by atoms with E-state index in [1.54, 1.807) is 6.92 Å². The second-order valence-electron chi connectivity index (χ2n) is 4.74. The zero-order chi connectivity index (χ0) is 11.5. The fourth-order valence-electron chi connectivity index (χ4n) is 2.56. The fraction of sp³-hybridized carbons (Fsp3) is 0.500. The third-order valence-electron chi connectivity index (χ3n) is 3.22. The second kappa shape index (κ2) is 4.79. The van der Waals surface area contributed by atoms with Crippen LogP contribution < -0.4 is 0 Å². The molecule has 0 bridgehead atoms. The van der Waals surface area contributed by atoms with Gasteiger partial charge in [-0.3, -0.25) is 9.69 Å². The van der Waals surface area contributed by atoms with Crippen molar-refractivity contribution in [2.45, 2.75) is 32.7 Å². The Bertz CT molecular complexity index is 386. The van der Waals surface area contributed by atoms with Gasteiger partial charge in [0.2, 0.25) is 0 Å². The molecule has 2 rings (SSSR count). The van der Waals surface area contributed by atoms with Gasteiger partial charge in [-0.25, -0.2) is 0 Å². The number of carbonyl (C=O) groups is 1. The number of ketones is 1. The first-order valence-electron chi connectivity index (χ1n) is 5.97. The van der Waals surface area contributed by atoms with Crippen molar-refractivity contribution in [2.24, 2.45) is 0 Å². The number of hydrogen-bond donors (Lipinski definition) is 0. The number of benzene rings is 1. The van der Waals surface area contributed by atoms with Gasteiger partial charge in [0.15, 0.2) is 0 Å². The summed E-state index contributed by atoms with van der Waals surface area (Å²) in [6.45, 7) is 5.44. The number of Topliss-reactive ketones (excluding diaryl/α,β-unsaturated/α-hetero) is 1. The van der Waals surface area contributed by atoms with Crippen LogP contribution in [0.5, 0.6) is 0 Å². The van der Waals surface area contributed by atoms with Gasteiger partial charge in [-0.1, -0.05) is 29.8 Å². The van der Waals surface area contributed by atoms with Crippen molar-refractivity contribution in [1.82, 2.24) is 4.90 Å². The number of hydrogen-bond acceptors (Lipinski definition) is 2. The van der Waals surface area contributed by atoms with Gasteiger partial charge in [-0.2, -0.15) is 0 Å². The molecule has 1 aromatic rings. The van der Waals surface area contributed by atoms with Crippen LogP contribution in [0.4, 0.5) is 0 Å². The average Bonchev–Trinajstić information content (AvgIpc) is 2.65. The lowest BCUT2D eigenvalue weighted by Gasteiger charge is -2.23. The minimum atomic E-state index is 0.263. The van der Waals surface area contributed by atoms with Gasteiger partial charge >= 0.3 is 0 Å². The number of rotatable bonds is 3. The van der Waals surface area contributed by atoms with E-state index in [0.717, 1.165) is 6.54 Å². The monoisotopic (exact) mass is 217 g/mol. The molecule has 16 heavy (non-hydrogen) atoms. The smallest absolute Gasteiger partial charge is 0.143 e. The Morgan fingerprint density at radius 3 is 3.00 bits per heavy atom. The fourth-order valence-corrected chi connectivity index (χ4v) is 2.56. The molecule has 0 spiro atoms. The summed E-state index contributed by atoms with van der Waals surface area (Å²) in [5.74, 6) is 0.263. The molecule has 0 saturated carbocycles. The molecule has 1 aromatic carbocycles. The Hall–Kier alpha value is -1.15. The third-order valence-corrected chi connectivity index (χ3v) is 3.22. The van der Waals surface area contributed by atoms with Crippen LogP contribution in [0.2, 0.25) is 0 Å². The van der Waals surface area contributed by atoms with Crippen molar-refractivity contribution in [1.29, 1.82) is 0 Å². The first-order chi connectivity index (χ1) is 7.66. The van der Waals surface area contributed by atoms with Crippen LogP contribution >= 0.6 is 0 Å². The minimum absolute atomic E-state index is 0.263. The van der Waals surface area contributed by atoms with E-state index >= 15 is 0 Å². The van der Waals surface area contributed by atoms with Crippen LogP contribution in [-0.2, 0) is 4.79 Å². The van der Waals surface area contributed by atoms with Crippen molar-refractivity contribution in [3.8, 4) is 0 Å². The largest absolute Gasteiger partial charge is 0.299 e. The lowest BCUT2D eigenvalue weighted by atomic mass is 10.0. The Morgan fingerprint density at radius 1 is 1.50 bits per heavy atom. The Balaban J connectivity index is 2.16. The van der Waals surface area contributed by atoms with E-state index in [0.29, 0.717) is 12.6 Å². The molecule has 1 heterocycles. The van der Waals surface area contributed by atoms with E-state index in [-0.39, 0.29) is 5.78 Å². The second-order valence-corrected chi connectivity index (χ2v) is 4.74. The highest BCUT2D eigenvalue weighted by atomic mass is 16.1. The molecule has 1 atom stereocenters. The quantitative estimate of drug-likeness (QED) is 0.776. The number of aryl methyl sites for hydroxylation is 1. The van der Waals surface area contributed by atoms with Crippen molar-refractivity contribution in [3.05, 3.63) is 35.4 Å². The SMILES string of the molecule is CC(=O)CN1CCCC1c1cccc(C)c1. The topological polar surface area (TPSA) is 20.3 Å². The van der Waals surface area contributed by atoms with E-state index in [4.69, 9.17) is 0 Å². The third kappa shape index (κ3) is 2.50. The maximum atomic E-state index is 11.2. The summed E-state index contributed by atoms with van der Waals surface area (Å²) in [6, 6.07) is 9.09. The van der Waals surface area contributed by atoms with Gasteiger partial charge in [0, 0.05) is 6.04 Å². The summed E-state index contributed by atoms with van der Waals surface area (Å²) >= 11 is 0. The van der Waals surface area contributed by atoms with Gasteiger partial charge in [0.05, 0.1) is 6.54 Å². The molecular weight excluding hydrogens is 198 g/mol. The van der Waals surface area contributed by atoms with E-state index in [9.17, 15) is 4.79 Å². The average molecular weight is 217 g/mol. The van der Waals surface area contributed by atoms with E-state index in [2.05, 4.69) is 36.1 Å². The summed E-state index contributed by atoms with van der Waals surface area (Å²) in [5, 5.41) is 0. The van der Waals surface area contributed by atoms with Crippen LogP contribution in [0.3, 0.4) is 0 Å². The number of carbonyl (C=O) groups excluding carboxylic acids is 1. The molecule has 2 heteroatoms. The molecule has 1 saturated heterocycles. The molecule has 1 unspecified atom stereocenters. The predicted molar refractivity (Wildman–Crippen MR) is 65.4 cm³/mol. The predicted octanol–water partition coefficient (Wildman–Crippen LogP) is 2.72. The van der Waals surface area contributed by atoms with Crippen molar-refractivity contribution in [3.63, 3.8) is 0 Å². The molecule has 0 radical (unpaired) electrons. The highest BCUT2D eigenvalue weighted by Crippen LogP contribution is 2.31. The molecular formula is C14H19NO. The Labute approximate surface area is 97.3 Å². The highest BCUT2D eigenvalue weighted by Gasteiger charge is 2.26. The zero-order valence-corrected chi connectivity index (χ0v) is 10.1. The standard InChI is InChI=1S/C14H19NO/c1-11-5-3-6-13(9-11)14-7-4-8-15(14)10-12(2)16/h3,5-6,9,14H,4,7-8,10H2,1-2H3. The summed E-state index contributed by atoms with van der Waals surface area (Å²) in [4.78, 5) is 13.5. The van der Waals surface area contributed by atoms with Crippen LogP contribution in [0.1, 0.15) is 36.9 Å². The number of likely N-dealkylation sites (tertiary alicyclic amines) is 1. The van der Waals surface area contributed by atoms with Crippen molar-refractivity contribution >= 4 is 5.78 Å². The Kier molecular flexibility index (Phi) is 3.39. The molecule has 1 aliphatic heterocycles.